The number of nitrogens with two attached hydrogens (primary N) is 1. The predicted octanol–water partition coefficient (Wildman–Crippen LogP) is 2.26. The van der Waals surface area contributed by atoms with Gasteiger partial charge in [-0.25, -0.2) is 17.6 Å². The Morgan fingerprint density at radius 1 is 0.931 bits per heavy atom. The first-order valence-corrected chi connectivity index (χ1v) is 8.98. The zero-order valence-electron chi connectivity index (χ0n) is 15.9. The number of halogens is 4. The number of quaternary nitrogens is 1. The standard InChI is InChI=1S/C20H21F4N3O2/c1-11(2)20(12-3-5-13(21)6-4-12)26-9-16(28)25-10-17(29)27-15-8-7-14(22)18(23)19(15)24/h3-8,11,20,26H,9-10H2,1-2H3,(H,25,28)(H,27,29)/p+1/t20-/m0/s1. The summed E-state index contributed by atoms with van der Waals surface area (Å²) in [5, 5.41) is 6.20. The Morgan fingerprint density at radius 2 is 1.59 bits per heavy atom. The molecule has 2 rings (SSSR count). The van der Waals surface area contributed by atoms with Crippen molar-refractivity contribution in [2.24, 2.45) is 5.92 Å². The lowest BCUT2D eigenvalue weighted by Crippen LogP contribution is -2.88. The number of hydrogen-bond donors (Lipinski definition) is 3. The number of benzene rings is 2. The van der Waals surface area contributed by atoms with Gasteiger partial charge in [0.25, 0.3) is 5.91 Å². The van der Waals surface area contributed by atoms with Crippen LogP contribution in [0.3, 0.4) is 0 Å². The average molecular weight is 412 g/mol. The van der Waals surface area contributed by atoms with Crippen molar-refractivity contribution in [2.75, 3.05) is 18.4 Å². The number of anilines is 1. The van der Waals surface area contributed by atoms with Crippen LogP contribution in [-0.2, 0) is 9.59 Å². The highest BCUT2D eigenvalue weighted by molar-refractivity contribution is 5.94. The van der Waals surface area contributed by atoms with Crippen molar-refractivity contribution in [1.29, 1.82) is 0 Å². The van der Waals surface area contributed by atoms with E-state index in [1.807, 2.05) is 13.8 Å². The molecule has 0 bridgehead atoms. The van der Waals surface area contributed by atoms with Crippen LogP contribution in [0, 0.1) is 29.2 Å². The van der Waals surface area contributed by atoms with Gasteiger partial charge in [0.1, 0.15) is 11.9 Å². The maximum atomic E-state index is 13.5. The van der Waals surface area contributed by atoms with E-state index in [1.165, 1.54) is 12.1 Å². The van der Waals surface area contributed by atoms with Crippen LogP contribution in [-0.4, -0.2) is 24.9 Å². The second-order valence-electron chi connectivity index (χ2n) is 6.81. The van der Waals surface area contributed by atoms with Crippen molar-refractivity contribution < 1.29 is 32.5 Å². The van der Waals surface area contributed by atoms with Gasteiger partial charge < -0.3 is 16.0 Å². The molecule has 0 aliphatic rings. The molecule has 0 aliphatic carbocycles. The van der Waals surface area contributed by atoms with E-state index in [4.69, 9.17) is 0 Å². The number of amides is 2. The molecule has 0 aliphatic heterocycles. The minimum absolute atomic E-state index is 0.00698. The molecule has 0 saturated heterocycles. The predicted molar refractivity (Wildman–Crippen MR) is 98.7 cm³/mol. The van der Waals surface area contributed by atoms with Crippen molar-refractivity contribution in [2.45, 2.75) is 19.9 Å². The van der Waals surface area contributed by atoms with Crippen molar-refractivity contribution in [3.05, 3.63) is 65.2 Å². The van der Waals surface area contributed by atoms with Crippen molar-refractivity contribution in [1.82, 2.24) is 5.32 Å². The third-order valence-corrected chi connectivity index (χ3v) is 4.29. The quantitative estimate of drug-likeness (QED) is 0.460. The summed E-state index contributed by atoms with van der Waals surface area (Å²) >= 11 is 0. The maximum Gasteiger partial charge on any atom is 0.275 e. The molecule has 0 unspecified atom stereocenters. The maximum absolute atomic E-state index is 13.5. The average Bonchev–Trinajstić information content (AvgIpc) is 2.68. The molecule has 2 amide bonds. The van der Waals surface area contributed by atoms with E-state index in [0.717, 1.165) is 11.6 Å². The van der Waals surface area contributed by atoms with E-state index in [9.17, 15) is 27.2 Å². The summed E-state index contributed by atoms with van der Waals surface area (Å²) in [7, 11) is 0. The van der Waals surface area contributed by atoms with Gasteiger partial charge in [-0.3, -0.25) is 9.59 Å². The summed E-state index contributed by atoms with van der Waals surface area (Å²) in [5.41, 5.74) is 0.339. The largest absolute Gasteiger partial charge is 0.342 e. The van der Waals surface area contributed by atoms with E-state index in [-0.39, 0.29) is 24.3 Å². The van der Waals surface area contributed by atoms with Gasteiger partial charge in [0.2, 0.25) is 5.91 Å². The first-order valence-electron chi connectivity index (χ1n) is 8.98. The molecule has 0 fully saturated rings. The Kier molecular flexibility index (Phi) is 7.72. The van der Waals surface area contributed by atoms with E-state index < -0.39 is 41.5 Å². The third kappa shape index (κ3) is 6.28. The highest BCUT2D eigenvalue weighted by Gasteiger charge is 2.21. The van der Waals surface area contributed by atoms with Gasteiger partial charge in [0.05, 0.1) is 12.2 Å². The van der Waals surface area contributed by atoms with Gasteiger partial charge >= 0.3 is 0 Å². The molecular weight excluding hydrogens is 390 g/mol. The molecule has 2 aromatic rings. The topological polar surface area (TPSA) is 74.8 Å². The molecule has 29 heavy (non-hydrogen) atoms. The normalized spacial score (nSPS) is 12.0. The van der Waals surface area contributed by atoms with Crippen molar-refractivity contribution >= 4 is 17.5 Å². The molecule has 0 spiro atoms. The number of nitrogens with one attached hydrogen (secondary N) is 2. The minimum atomic E-state index is -1.69. The third-order valence-electron chi connectivity index (χ3n) is 4.29. The van der Waals surface area contributed by atoms with Gasteiger partial charge in [0.15, 0.2) is 24.0 Å². The second-order valence-corrected chi connectivity index (χ2v) is 6.81. The van der Waals surface area contributed by atoms with Crippen LogP contribution < -0.4 is 16.0 Å². The fourth-order valence-corrected chi connectivity index (χ4v) is 2.78. The molecule has 156 valence electrons. The fraction of sp³-hybridized carbons (Fsp3) is 0.300. The van der Waals surface area contributed by atoms with Crippen LogP contribution in [0.5, 0.6) is 0 Å². The highest BCUT2D eigenvalue weighted by atomic mass is 19.2. The molecule has 0 aromatic heterocycles. The number of carbonyl (C=O) groups excluding carboxylic acids is 2. The summed E-state index contributed by atoms with van der Waals surface area (Å²) < 4.78 is 52.7. The molecule has 0 saturated carbocycles. The summed E-state index contributed by atoms with van der Waals surface area (Å²) in [6, 6.07) is 7.48. The van der Waals surface area contributed by atoms with Crippen LogP contribution in [0.1, 0.15) is 25.5 Å². The Hall–Kier alpha value is -2.94. The van der Waals surface area contributed by atoms with Gasteiger partial charge in [-0.1, -0.05) is 26.0 Å². The SMILES string of the molecule is CC(C)[C@H]([NH2+]CC(=O)NCC(=O)Nc1ccc(F)c(F)c1F)c1ccc(F)cc1. The Morgan fingerprint density at radius 3 is 2.21 bits per heavy atom. The first-order chi connectivity index (χ1) is 13.7. The molecular formula is C20H22F4N3O2+. The Bertz CT molecular complexity index is 873. The minimum Gasteiger partial charge on any atom is -0.342 e. The smallest absolute Gasteiger partial charge is 0.275 e. The van der Waals surface area contributed by atoms with Gasteiger partial charge in [-0.05, 0) is 24.3 Å². The van der Waals surface area contributed by atoms with E-state index in [2.05, 4.69) is 10.6 Å². The lowest BCUT2D eigenvalue weighted by Gasteiger charge is -2.19. The zero-order valence-corrected chi connectivity index (χ0v) is 15.9. The summed E-state index contributed by atoms with van der Waals surface area (Å²) in [6.45, 7) is 3.47. The number of hydrogen-bond acceptors (Lipinski definition) is 2. The highest BCUT2D eigenvalue weighted by Crippen LogP contribution is 2.19. The number of rotatable bonds is 8. The summed E-state index contributed by atoms with van der Waals surface area (Å²) in [6.07, 6.45) is 0. The molecule has 0 radical (unpaired) electrons. The Labute approximate surface area is 165 Å². The Balaban J connectivity index is 1.85. The van der Waals surface area contributed by atoms with Crippen LogP contribution in [0.15, 0.2) is 36.4 Å². The molecule has 4 N–H and O–H groups in total. The summed E-state index contributed by atoms with van der Waals surface area (Å²) in [5.74, 6) is -6.00. The molecule has 0 heterocycles. The number of carbonyl (C=O) groups is 2. The second kappa shape index (κ2) is 10.0. The van der Waals surface area contributed by atoms with E-state index >= 15 is 0 Å². The van der Waals surface area contributed by atoms with Crippen LogP contribution in [0.2, 0.25) is 0 Å². The first kappa shape index (κ1) is 22.4. The van der Waals surface area contributed by atoms with Gasteiger partial charge in [-0.2, -0.15) is 0 Å². The molecule has 9 heteroatoms. The fourth-order valence-electron chi connectivity index (χ4n) is 2.78. The van der Waals surface area contributed by atoms with Crippen LogP contribution in [0.4, 0.5) is 23.2 Å². The van der Waals surface area contributed by atoms with Crippen molar-refractivity contribution in [3.63, 3.8) is 0 Å². The summed E-state index contributed by atoms with van der Waals surface area (Å²) in [4.78, 5) is 23.8. The monoisotopic (exact) mass is 412 g/mol. The molecule has 2 aromatic carbocycles. The van der Waals surface area contributed by atoms with Gasteiger partial charge in [0, 0.05) is 11.5 Å². The van der Waals surface area contributed by atoms with Crippen LogP contribution in [0.25, 0.3) is 0 Å². The van der Waals surface area contributed by atoms with E-state index in [0.29, 0.717) is 6.07 Å². The lowest BCUT2D eigenvalue weighted by atomic mass is 9.96. The van der Waals surface area contributed by atoms with Crippen LogP contribution >= 0.6 is 0 Å². The van der Waals surface area contributed by atoms with Gasteiger partial charge in [-0.15, -0.1) is 0 Å². The molecule has 1 atom stereocenters. The lowest BCUT2D eigenvalue weighted by molar-refractivity contribution is -0.692. The van der Waals surface area contributed by atoms with E-state index in [1.54, 1.807) is 17.4 Å². The zero-order chi connectivity index (χ0) is 21.6. The van der Waals surface area contributed by atoms with Crippen molar-refractivity contribution in [3.8, 4) is 0 Å². The molecule has 5 nitrogen and oxygen atoms in total.